The molecule has 0 aliphatic carbocycles. The zero-order valence-corrected chi connectivity index (χ0v) is 13.5. The van der Waals surface area contributed by atoms with E-state index in [9.17, 15) is 14.3 Å². The first-order valence-electron chi connectivity index (χ1n) is 7.39. The fraction of sp³-hybridized carbons (Fsp3) is 0.562. The number of rotatable bonds is 7. The van der Waals surface area contributed by atoms with Gasteiger partial charge in [-0.2, -0.15) is 0 Å². The molecule has 1 rings (SSSR count). The van der Waals surface area contributed by atoms with Crippen LogP contribution >= 0.6 is 0 Å². The Hall–Kier alpha value is -1.82. The molecule has 5 nitrogen and oxygen atoms in total. The molecular weight excluding hydrogens is 287 g/mol. The van der Waals surface area contributed by atoms with E-state index >= 15 is 0 Å². The van der Waals surface area contributed by atoms with Gasteiger partial charge in [-0.15, -0.1) is 0 Å². The number of benzene rings is 1. The molecule has 0 fully saturated rings. The molecule has 0 aliphatic rings. The Kier molecular flexibility index (Phi) is 7.11. The standard InChI is InChI=1S/C16H25FN2O3/c1-10(7-11(2)20)9-18-16(21)19-12(3)13-5-6-15(22-4)14(17)8-13/h5-6,8,10-12,20H,7,9H2,1-4H3,(H2,18,19,21). The minimum Gasteiger partial charge on any atom is -0.494 e. The van der Waals surface area contributed by atoms with Crippen LogP contribution in [0.1, 0.15) is 38.8 Å². The number of ether oxygens (including phenoxy) is 1. The van der Waals surface area contributed by atoms with Gasteiger partial charge in [-0.3, -0.25) is 0 Å². The summed E-state index contributed by atoms with van der Waals surface area (Å²) >= 11 is 0. The van der Waals surface area contributed by atoms with Crippen LogP contribution in [0.2, 0.25) is 0 Å². The van der Waals surface area contributed by atoms with E-state index < -0.39 is 5.82 Å². The Labute approximate surface area is 130 Å². The summed E-state index contributed by atoms with van der Waals surface area (Å²) in [5.74, 6) is -0.105. The second-order valence-electron chi connectivity index (χ2n) is 5.66. The minimum atomic E-state index is -0.459. The first-order valence-corrected chi connectivity index (χ1v) is 7.39. The number of carbonyl (C=O) groups is 1. The highest BCUT2D eigenvalue weighted by Crippen LogP contribution is 2.21. The number of halogens is 1. The van der Waals surface area contributed by atoms with Gasteiger partial charge in [-0.25, -0.2) is 9.18 Å². The molecule has 0 aromatic heterocycles. The van der Waals surface area contributed by atoms with Crippen LogP contribution in [0.15, 0.2) is 18.2 Å². The van der Waals surface area contributed by atoms with Gasteiger partial charge in [-0.05, 0) is 43.9 Å². The van der Waals surface area contributed by atoms with Gasteiger partial charge in [0.1, 0.15) is 0 Å². The predicted molar refractivity (Wildman–Crippen MR) is 83.4 cm³/mol. The number of aliphatic hydroxyl groups excluding tert-OH is 1. The molecular formula is C16H25FN2O3. The number of hydrogen-bond donors (Lipinski definition) is 3. The zero-order valence-electron chi connectivity index (χ0n) is 13.5. The second-order valence-corrected chi connectivity index (χ2v) is 5.66. The van der Waals surface area contributed by atoms with Crippen molar-refractivity contribution in [2.45, 2.75) is 39.3 Å². The first kappa shape index (κ1) is 18.2. The van der Waals surface area contributed by atoms with E-state index in [-0.39, 0.29) is 29.8 Å². The summed E-state index contributed by atoms with van der Waals surface area (Å²) in [4.78, 5) is 11.8. The van der Waals surface area contributed by atoms with Crippen LogP contribution in [-0.4, -0.2) is 30.9 Å². The molecule has 22 heavy (non-hydrogen) atoms. The summed E-state index contributed by atoms with van der Waals surface area (Å²) in [7, 11) is 1.40. The Bertz CT molecular complexity index is 494. The molecule has 1 aromatic carbocycles. The van der Waals surface area contributed by atoms with Crippen LogP contribution in [0.3, 0.4) is 0 Å². The molecule has 0 heterocycles. The number of nitrogens with one attached hydrogen (secondary N) is 2. The lowest BCUT2D eigenvalue weighted by Gasteiger charge is -2.18. The third-order valence-electron chi connectivity index (χ3n) is 3.38. The van der Waals surface area contributed by atoms with E-state index in [0.717, 1.165) is 0 Å². The Morgan fingerprint density at radius 2 is 2.05 bits per heavy atom. The molecule has 1 aromatic rings. The maximum absolute atomic E-state index is 13.6. The van der Waals surface area contributed by atoms with Crippen molar-refractivity contribution in [2.24, 2.45) is 5.92 Å². The van der Waals surface area contributed by atoms with Gasteiger partial charge < -0.3 is 20.5 Å². The van der Waals surface area contributed by atoms with Crippen LogP contribution in [0.5, 0.6) is 5.75 Å². The molecule has 0 radical (unpaired) electrons. The zero-order chi connectivity index (χ0) is 16.7. The van der Waals surface area contributed by atoms with Crippen molar-refractivity contribution in [1.82, 2.24) is 10.6 Å². The summed E-state index contributed by atoms with van der Waals surface area (Å²) in [6.45, 7) is 5.92. The van der Waals surface area contributed by atoms with Gasteiger partial charge in [0.15, 0.2) is 11.6 Å². The fourth-order valence-corrected chi connectivity index (χ4v) is 2.22. The van der Waals surface area contributed by atoms with Crippen molar-refractivity contribution in [3.63, 3.8) is 0 Å². The molecule has 2 amide bonds. The van der Waals surface area contributed by atoms with Crippen molar-refractivity contribution in [3.8, 4) is 5.75 Å². The van der Waals surface area contributed by atoms with Crippen molar-refractivity contribution in [1.29, 1.82) is 0 Å². The molecule has 0 saturated carbocycles. The summed E-state index contributed by atoms with van der Waals surface area (Å²) in [5, 5.41) is 14.8. The highest BCUT2D eigenvalue weighted by Gasteiger charge is 2.13. The number of carbonyl (C=O) groups excluding carboxylic acids is 1. The lowest BCUT2D eigenvalue weighted by atomic mass is 10.1. The average molecular weight is 312 g/mol. The second kappa shape index (κ2) is 8.58. The predicted octanol–water partition coefficient (Wildman–Crippen LogP) is 2.60. The van der Waals surface area contributed by atoms with Gasteiger partial charge in [-0.1, -0.05) is 13.0 Å². The maximum Gasteiger partial charge on any atom is 0.315 e. The summed E-state index contributed by atoms with van der Waals surface area (Å²) in [6.07, 6.45) is 0.237. The molecule has 3 atom stereocenters. The van der Waals surface area contributed by atoms with E-state index in [0.29, 0.717) is 18.5 Å². The first-order chi connectivity index (χ1) is 10.3. The van der Waals surface area contributed by atoms with E-state index in [2.05, 4.69) is 10.6 Å². The number of hydrogen-bond acceptors (Lipinski definition) is 3. The molecule has 124 valence electrons. The highest BCUT2D eigenvalue weighted by molar-refractivity contribution is 5.74. The van der Waals surface area contributed by atoms with E-state index in [1.165, 1.54) is 19.2 Å². The Morgan fingerprint density at radius 3 is 2.59 bits per heavy atom. The van der Waals surface area contributed by atoms with Gasteiger partial charge in [0, 0.05) is 6.54 Å². The number of methoxy groups -OCH3 is 1. The van der Waals surface area contributed by atoms with Crippen LogP contribution in [0, 0.1) is 11.7 Å². The average Bonchev–Trinajstić information content (AvgIpc) is 2.44. The summed E-state index contributed by atoms with van der Waals surface area (Å²) in [6, 6.07) is 3.95. The van der Waals surface area contributed by atoms with Gasteiger partial charge >= 0.3 is 6.03 Å². The number of amides is 2. The fourth-order valence-electron chi connectivity index (χ4n) is 2.22. The van der Waals surface area contributed by atoms with Crippen molar-refractivity contribution >= 4 is 6.03 Å². The van der Waals surface area contributed by atoms with Crippen LogP contribution in [-0.2, 0) is 0 Å². The lowest BCUT2D eigenvalue weighted by Crippen LogP contribution is -2.39. The van der Waals surface area contributed by atoms with Gasteiger partial charge in [0.2, 0.25) is 0 Å². The molecule has 0 spiro atoms. The third-order valence-corrected chi connectivity index (χ3v) is 3.38. The van der Waals surface area contributed by atoms with Crippen molar-refractivity contribution in [3.05, 3.63) is 29.6 Å². The van der Waals surface area contributed by atoms with Crippen LogP contribution in [0.25, 0.3) is 0 Å². The molecule has 6 heteroatoms. The monoisotopic (exact) mass is 312 g/mol. The van der Waals surface area contributed by atoms with Crippen molar-refractivity contribution < 1.29 is 19.0 Å². The number of urea groups is 1. The molecule has 0 aliphatic heterocycles. The Balaban J connectivity index is 2.48. The molecule has 3 N–H and O–H groups in total. The van der Waals surface area contributed by atoms with Crippen LogP contribution < -0.4 is 15.4 Å². The highest BCUT2D eigenvalue weighted by atomic mass is 19.1. The Morgan fingerprint density at radius 1 is 1.36 bits per heavy atom. The molecule has 3 unspecified atom stereocenters. The van der Waals surface area contributed by atoms with Gasteiger partial charge in [0.05, 0.1) is 19.3 Å². The topological polar surface area (TPSA) is 70.6 Å². The third kappa shape index (κ3) is 5.89. The summed E-state index contributed by atoms with van der Waals surface area (Å²) < 4.78 is 18.5. The minimum absolute atomic E-state index is 0.173. The number of aliphatic hydroxyl groups is 1. The summed E-state index contributed by atoms with van der Waals surface area (Å²) in [5.41, 5.74) is 0.658. The lowest BCUT2D eigenvalue weighted by molar-refractivity contribution is 0.163. The smallest absolute Gasteiger partial charge is 0.315 e. The quantitative estimate of drug-likeness (QED) is 0.725. The van der Waals surface area contributed by atoms with E-state index in [1.807, 2.05) is 6.92 Å². The SMILES string of the molecule is COc1ccc(C(C)NC(=O)NCC(C)CC(C)O)cc1F. The normalized spacial score (nSPS) is 14.8. The molecule has 0 saturated heterocycles. The largest absolute Gasteiger partial charge is 0.494 e. The van der Waals surface area contributed by atoms with Crippen LogP contribution in [0.4, 0.5) is 9.18 Å². The van der Waals surface area contributed by atoms with Crippen molar-refractivity contribution in [2.75, 3.05) is 13.7 Å². The maximum atomic E-state index is 13.6. The van der Waals surface area contributed by atoms with E-state index in [4.69, 9.17) is 4.74 Å². The van der Waals surface area contributed by atoms with E-state index in [1.54, 1.807) is 19.9 Å². The van der Waals surface area contributed by atoms with Gasteiger partial charge in [0.25, 0.3) is 0 Å². The molecule has 0 bridgehead atoms.